The van der Waals surface area contributed by atoms with E-state index < -0.39 is 0 Å². The highest BCUT2D eigenvalue weighted by Crippen LogP contribution is 2.19. The number of nitrogens with zero attached hydrogens (tertiary/aromatic N) is 5. The molecule has 1 aliphatic heterocycles. The maximum absolute atomic E-state index is 12.3. The number of aromatic nitrogens is 4. The van der Waals surface area contributed by atoms with E-state index in [1.807, 2.05) is 36.4 Å². The van der Waals surface area contributed by atoms with Crippen LogP contribution >= 0.6 is 0 Å². The Morgan fingerprint density at radius 3 is 2.72 bits per heavy atom. The number of aryl methyl sites for hydroxylation is 1. The number of hydrogen-bond acceptors (Lipinski definition) is 6. The average molecular weight is 345 g/mol. The molecule has 1 aromatic carbocycles. The van der Waals surface area contributed by atoms with Crippen molar-refractivity contribution in [3.8, 4) is 0 Å². The van der Waals surface area contributed by atoms with Crippen molar-refractivity contribution in [2.45, 2.75) is 6.10 Å². The van der Waals surface area contributed by atoms with Crippen LogP contribution in [0.15, 0.2) is 36.4 Å². The quantitative estimate of drug-likeness (QED) is 0.638. The first-order chi connectivity index (χ1) is 12.2. The molecule has 0 aliphatic carbocycles. The molecule has 25 heavy (non-hydrogen) atoms. The van der Waals surface area contributed by atoms with Gasteiger partial charge in [-0.05, 0) is 22.1 Å². The lowest BCUT2D eigenvalue weighted by Crippen LogP contribution is -2.42. The number of ether oxygens (including phenoxy) is 1. The molecule has 1 aliphatic rings. The first-order valence-corrected chi connectivity index (χ1v) is 7.59. The Balaban J connectivity index is 0.000000701. The lowest BCUT2D eigenvalue weighted by Gasteiger charge is -2.31. The lowest BCUT2D eigenvalue weighted by molar-refractivity contribution is -0.134. The first kappa shape index (κ1) is 18.3. The number of carbonyl (C=O) groups excluding carboxylic acids is 1. The van der Waals surface area contributed by atoms with Crippen molar-refractivity contribution in [3.63, 3.8) is 0 Å². The smallest absolute Gasteiger partial charge is 0.290 e. The fourth-order valence-electron chi connectivity index (χ4n) is 2.35. The predicted octanol–water partition coefficient (Wildman–Crippen LogP) is 0.524. The van der Waals surface area contributed by atoms with E-state index in [1.165, 1.54) is 0 Å². The number of morpholine rings is 1. The maximum Gasteiger partial charge on any atom is 0.290 e. The van der Waals surface area contributed by atoms with E-state index in [-0.39, 0.29) is 18.5 Å². The third kappa shape index (κ3) is 5.21. The van der Waals surface area contributed by atoms with E-state index >= 15 is 0 Å². The summed E-state index contributed by atoms with van der Waals surface area (Å²) in [6, 6.07) is 9.74. The molecule has 1 fully saturated rings. The molecule has 0 bridgehead atoms. The molecule has 132 valence electrons. The molecule has 3 rings (SSSR count). The highest BCUT2D eigenvalue weighted by atomic mass is 16.5. The van der Waals surface area contributed by atoms with Crippen molar-refractivity contribution in [1.82, 2.24) is 25.1 Å². The van der Waals surface area contributed by atoms with E-state index in [9.17, 15) is 4.79 Å². The summed E-state index contributed by atoms with van der Waals surface area (Å²) in [6.45, 7) is 1.24. The normalized spacial score (nSPS) is 17.0. The number of tetrazole rings is 1. The van der Waals surface area contributed by atoms with Crippen LogP contribution in [0.25, 0.3) is 6.08 Å². The van der Waals surface area contributed by atoms with Gasteiger partial charge in [0.15, 0.2) is 5.82 Å². The minimum atomic E-state index is -0.289. The Labute approximate surface area is 144 Å². The Morgan fingerprint density at radius 2 is 2.08 bits per heavy atom. The number of carboxylic acid groups (broad SMARTS) is 1. The second-order valence-corrected chi connectivity index (χ2v) is 5.15. The summed E-state index contributed by atoms with van der Waals surface area (Å²) >= 11 is 0. The van der Waals surface area contributed by atoms with Crippen molar-refractivity contribution in [1.29, 1.82) is 0 Å². The zero-order chi connectivity index (χ0) is 18.1. The molecule has 1 atom stereocenters. The molecule has 1 N–H and O–H groups in total. The summed E-state index contributed by atoms with van der Waals surface area (Å²) in [5, 5.41) is 18.2. The lowest BCUT2D eigenvalue weighted by atomic mass is 10.2. The van der Waals surface area contributed by atoms with Gasteiger partial charge < -0.3 is 14.7 Å². The highest BCUT2D eigenvalue weighted by molar-refractivity contribution is 5.91. The SMILES string of the molecule is Cn1nnnc1C1CN(C(=O)C=Cc2ccccc2)CCO1.O=CO. The summed E-state index contributed by atoms with van der Waals surface area (Å²) in [6.07, 6.45) is 3.12. The highest BCUT2D eigenvalue weighted by Gasteiger charge is 2.27. The van der Waals surface area contributed by atoms with Crippen molar-refractivity contribution in [3.05, 3.63) is 47.8 Å². The zero-order valence-electron chi connectivity index (χ0n) is 13.7. The fourth-order valence-corrected chi connectivity index (χ4v) is 2.35. The Morgan fingerprint density at radius 1 is 1.36 bits per heavy atom. The van der Waals surface area contributed by atoms with E-state index in [4.69, 9.17) is 14.6 Å². The van der Waals surface area contributed by atoms with Crippen LogP contribution in [0.5, 0.6) is 0 Å². The van der Waals surface area contributed by atoms with Gasteiger partial charge in [-0.1, -0.05) is 30.3 Å². The summed E-state index contributed by atoms with van der Waals surface area (Å²) in [5.74, 6) is 0.594. The van der Waals surface area contributed by atoms with Gasteiger partial charge in [0.2, 0.25) is 5.91 Å². The monoisotopic (exact) mass is 345 g/mol. The summed E-state index contributed by atoms with van der Waals surface area (Å²) in [4.78, 5) is 22.4. The largest absolute Gasteiger partial charge is 0.483 e. The molecule has 9 heteroatoms. The third-order valence-corrected chi connectivity index (χ3v) is 3.54. The summed E-state index contributed by atoms with van der Waals surface area (Å²) in [7, 11) is 1.76. The van der Waals surface area contributed by atoms with Gasteiger partial charge in [0.05, 0.1) is 13.2 Å². The van der Waals surface area contributed by atoms with E-state index in [0.717, 1.165) is 5.56 Å². The molecule has 2 heterocycles. The topological polar surface area (TPSA) is 110 Å². The fraction of sp³-hybridized carbons (Fsp3) is 0.312. The molecule has 0 saturated carbocycles. The molecule has 0 radical (unpaired) electrons. The second-order valence-electron chi connectivity index (χ2n) is 5.15. The van der Waals surface area contributed by atoms with Crippen LogP contribution < -0.4 is 0 Å². The van der Waals surface area contributed by atoms with Crippen LogP contribution in [-0.2, 0) is 21.4 Å². The second kappa shape index (κ2) is 9.28. The van der Waals surface area contributed by atoms with Crippen molar-refractivity contribution >= 4 is 18.5 Å². The molecule has 1 saturated heterocycles. The predicted molar refractivity (Wildman–Crippen MR) is 88.2 cm³/mol. The average Bonchev–Trinajstić information content (AvgIpc) is 3.07. The van der Waals surface area contributed by atoms with Crippen molar-refractivity contribution in [2.24, 2.45) is 7.05 Å². The number of hydrogen-bond donors (Lipinski definition) is 1. The molecule has 1 aromatic heterocycles. The molecule has 1 amide bonds. The first-order valence-electron chi connectivity index (χ1n) is 7.59. The van der Waals surface area contributed by atoms with Gasteiger partial charge in [-0.2, -0.15) is 0 Å². The molecular formula is C16H19N5O4. The van der Waals surface area contributed by atoms with Gasteiger partial charge in [0, 0.05) is 19.7 Å². The van der Waals surface area contributed by atoms with Crippen LogP contribution in [0.1, 0.15) is 17.5 Å². The van der Waals surface area contributed by atoms with Crippen molar-refractivity contribution < 1.29 is 19.4 Å². The van der Waals surface area contributed by atoms with E-state index in [2.05, 4.69) is 15.5 Å². The van der Waals surface area contributed by atoms with Crippen molar-refractivity contribution in [2.75, 3.05) is 19.7 Å². The Hall–Kier alpha value is -3.07. The number of amides is 1. The van der Waals surface area contributed by atoms with Crippen LogP contribution in [0.2, 0.25) is 0 Å². The van der Waals surface area contributed by atoms with E-state index in [0.29, 0.717) is 25.5 Å². The minimum absolute atomic E-state index is 0.0349. The molecule has 1 unspecified atom stereocenters. The maximum atomic E-state index is 12.3. The summed E-state index contributed by atoms with van der Waals surface area (Å²) in [5.41, 5.74) is 0.998. The molecular weight excluding hydrogens is 326 g/mol. The number of benzene rings is 1. The van der Waals surface area contributed by atoms with E-state index in [1.54, 1.807) is 22.7 Å². The van der Waals surface area contributed by atoms with Gasteiger partial charge in [0.1, 0.15) is 6.10 Å². The van der Waals surface area contributed by atoms with Gasteiger partial charge in [-0.25, -0.2) is 4.68 Å². The van der Waals surface area contributed by atoms with Crippen LogP contribution in [-0.4, -0.2) is 62.3 Å². The summed E-state index contributed by atoms with van der Waals surface area (Å²) < 4.78 is 7.23. The zero-order valence-corrected chi connectivity index (χ0v) is 13.7. The number of carbonyl (C=O) groups is 2. The Kier molecular flexibility index (Phi) is 6.78. The van der Waals surface area contributed by atoms with Gasteiger partial charge >= 0.3 is 0 Å². The molecule has 9 nitrogen and oxygen atoms in total. The minimum Gasteiger partial charge on any atom is -0.483 e. The Bertz CT molecular complexity index is 716. The standard InChI is InChI=1S/C15H17N5O2.CH2O2/c1-19-15(16-17-18-19)13-11-20(9-10-22-13)14(21)8-7-12-5-3-2-4-6-12;2-1-3/h2-8,13H,9-11H2,1H3;1H,(H,2,3). The van der Waals surface area contributed by atoms with Crippen LogP contribution in [0, 0.1) is 0 Å². The van der Waals surface area contributed by atoms with Gasteiger partial charge in [-0.15, -0.1) is 5.10 Å². The third-order valence-electron chi connectivity index (χ3n) is 3.54. The molecule has 2 aromatic rings. The number of rotatable bonds is 3. The van der Waals surface area contributed by atoms with Crippen LogP contribution in [0.4, 0.5) is 0 Å². The van der Waals surface area contributed by atoms with Gasteiger partial charge in [-0.3, -0.25) is 9.59 Å². The molecule has 0 spiro atoms. The van der Waals surface area contributed by atoms with Crippen LogP contribution in [0.3, 0.4) is 0 Å². The van der Waals surface area contributed by atoms with Gasteiger partial charge in [0.25, 0.3) is 6.47 Å².